The molecule has 2 N–H and O–H groups in total. The summed E-state index contributed by atoms with van der Waals surface area (Å²) in [7, 11) is 1.94. The highest BCUT2D eigenvalue weighted by Gasteiger charge is 2.25. The van der Waals surface area contributed by atoms with Gasteiger partial charge in [0.15, 0.2) is 0 Å². The van der Waals surface area contributed by atoms with Crippen molar-refractivity contribution in [1.82, 2.24) is 14.7 Å². The third-order valence-electron chi connectivity index (χ3n) is 2.86. The lowest BCUT2D eigenvalue weighted by atomic mass is 10.1. The molecule has 1 aliphatic heterocycles. The molecule has 4 nitrogen and oxygen atoms in total. The molecule has 0 saturated carbocycles. The van der Waals surface area contributed by atoms with Crippen molar-refractivity contribution in [2.45, 2.75) is 25.9 Å². The van der Waals surface area contributed by atoms with E-state index in [1.807, 2.05) is 11.7 Å². The Labute approximate surface area is 95.0 Å². The van der Waals surface area contributed by atoms with Gasteiger partial charge in [0.2, 0.25) is 0 Å². The van der Waals surface area contributed by atoms with Crippen LogP contribution in [-0.4, -0.2) is 33.8 Å². The minimum absolute atomic E-state index is 0.336. The van der Waals surface area contributed by atoms with Crippen LogP contribution in [0.25, 0.3) is 0 Å². The highest BCUT2D eigenvalue weighted by atomic mass is 35.5. The van der Waals surface area contributed by atoms with Gasteiger partial charge in [-0.15, -0.1) is 0 Å². The number of nitrogens with zero attached hydrogens (tertiary/aromatic N) is 3. The number of aryl methyl sites for hydroxylation is 2. The van der Waals surface area contributed by atoms with Crippen LogP contribution in [0.2, 0.25) is 5.02 Å². The number of rotatable bonds is 3. The zero-order chi connectivity index (χ0) is 11.0. The molecule has 15 heavy (non-hydrogen) atoms. The van der Waals surface area contributed by atoms with Gasteiger partial charge in [0, 0.05) is 32.7 Å². The van der Waals surface area contributed by atoms with Crippen LogP contribution in [0.15, 0.2) is 0 Å². The number of hydrogen-bond donors (Lipinski definition) is 1. The largest absolute Gasteiger partial charge is 0.325 e. The van der Waals surface area contributed by atoms with Gasteiger partial charge in [-0.05, 0) is 6.42 Å². The van der Waals surface area contributed by atoms with E-state index in [-0.39, 0.29) is 0 Å². The molecule has 5 heteroatoms. The predicted molar refractivity (Wildman–Crippen MR) is 60.8 cm³/mol. The van der Waals surface area contributed by atoms with Crippen molar-refractivity contribution in [1.29, 1.82) is 0 Å². The molecule has 0 aromatic carbocycles. The molecule has 1 aromatic rings. The lowest BCUT2D eigenvalue weighted by Crippen LogP contribution is -2.55. The number of halogens is 1. The molecule has 0 unspecified atom stereocenters. The van der Waals surface area contributed by atoms with Crippen molar-refractivity contribution >= 4 is 11.6 Å². The molecule has 0 atom stereocenters. The predicted octanol–water partition coefficient (Wildman–Crippen LogP) is 0.779. The van der Waals surface area contributed by atoms with Crippen LogP contribution < -0.4 is 5.73 Å². The first-order chi connectivity index (χ1) is 7.11. The Hall–Kier alpha value is -0.580. The van der Waals surface area contributed by atoms with Crippen molar-refractivity contribution < 1.29 is 0 Å². The zero-order valence-electron chi connectivity index (χ0n) is 9.20. The van der Waals surface area contributed by atoms with E-state index in [1.165, 1.54) is 0 Å². The maximum absolute atomic E-state index is 6.25. The second-order valence-electron chi connectivity index (χ2n) is 4.14. The molecule has 1 saturated heterocycles. The van der Waals surface area contributed by atoms with Crippen LogP contribution in [-0.2, 0) is 20.0 Å². The molecule has 1 aromatic heterocycles. The van der Waals surface area contributed by atoms with Gasteiger partial charge >= 0.3 is 0 Å². The molecule has 1 aliphatic rings. The molecule has 1 fully saturated rings. The van der Waals surface area contributed by atoms with E-state index in [9.17, 15) is 0 Å². The smallest absolute Gasteiger partial charge is 0.0863 e. The maximum Gasteiger partial charge on any atom is 0.0863 e. The van der Waals surface area contributed by atoms with Crippen LogP contribution in [0, 0.1) is 0 Å². The highest BCUT2D eigenvalue weighted by Crippen LogP contribution is 2.23. The summed E-state index contributed by atoms with van der Waals surface area (Å²) in [6, 6.07) is 0.336. The van der Waals surface area contributed by atoms with Crippen molar-refractivity contribution in [3.05, 3.63) is 16.4 Å². The molecular formula is C10H17ClN4. The standard InChI is InChI=1S/C10H17ClN4/c1-3-8-10(11)9(14(2)13-8)6-15-4-7(12)5-15/h7H,3-6,12H2,1-2H3. The van der Waals surface area contributed by atoms with Gasteiger partial charge in [0.05, 0.1) is 16.4 Å². The summed E-state index contributed by atoms with van der Waals surface area (Å²) in [6.45, 7) is 4.85. The first-order valence-corrected chi connectivity index (χ1v) is 5.67. The van der Waals surface area contributed by atoms with Crippen molar-refractivity contribution in [2.75, 3.05) is 13.1 Å². The van der Waals surface area contributed by atoms with Crippen molar-refractivity contribution in [3.8, 4) is 0 Å². The average molecular weight is 229 g/mol. The van der Waals surface area contributed by atoms with Gasteiger partial charge in [0.1, 0.15) is 0 Å². The van der Waals surface area contributed by atoms with E-state index in [4.69, 9.17) is 17.3 Å². The van der Waals surface area contributed by atoms with E-state index in [2.05, 4.69) is 16.9 Å². The van der Waals surface area contributed by atoms with E-state index < -0.39 is 0 Å². The lowest BCUT2D eigenvalue weighted by Gasteiger charge is -2.36. The molecule has 0 bridgehead atoms. The van der Waals surface area contributed by atoms with E-state index in [0.29, 0.717) is 6.04 Å². The summed E-state index contributed by atoms with van der Waals surface area (Å²) in [4.78, 5) is 2.28. The highest BCUT2D eigenvalue weighted by molar-refractivity contribution is 6.31. The van der Waals surface area contributed by atoms with E-state index >= 15 is 0 Å². The topological polar surface area (TPSA) is 47.1 Å². The van der Waals surface area contributed by atoms with Gasteiger partial charge in [-0.1, -0.05) is 18.5 Å². The maximum atomic E-state index is 6.25. The van der Waals surface area contributed by atoms with Gasteiger partial charge < -0.3 is 5.73 Å². The average Bonchev–Trinajstić information content (AvgIpc) is 2.42. The third kappa shape index (κ3) is 2.02. The molecule has 0 spiro atoms. The Balaban J connectivity index is 2.10. The minimum Gasteiger partial charge on any atom is -0.325 e. The van der Waals surface area contributed by atoms with Gasteiger partial charge in [-0.3, -0.25) is 9.58 Å². The first-order valence-electron chi connectivity index (χ1n) is 5.30. The van der Waals surface area contributed by atoms with Crippen LogP contribution in [0.5, 0.6) is 0 Å². The zero-order valence-corrected chi connectivity index (χ0v) is 9.96. The summed E-state index contributed by atoms with van der Waals surface area (Å²) < 4.78 is 1.88. The second-order valence-corrected chi connectivity index (χ2v) is 4.52. The molecular weight excluding hydrogens is 212 g/mol. The SMILES string of the molecule is CCc1nn(C)c(CN2CC(N)C2)c1Cl. The summed E-state index contributed by atoms with van der Waals surface area (Å²) >= 11 is 6.25. The monoisotopic (exact) mass is 228 g/mol. The molecule has 0 radical (unpaired) electrons. The Morgan fingerprint density at radius 3 is 2.67 bits per heavy atom. The third-order valence-corrected chi connectivity index (χ3v) is 3.30. The fraction of sp³-hybridized carbons (Fsp3) is 0.700. The fourth-order valence-electron chi connectivity index (χ4n) is 1.94. The van der Waals surface area contributed by atoms with Crippen LogP contribution in [0.1, 0.15) is 18.3 Å². The van der Waals surface area contributed by atoms with Crippen molar-refractivity contribution in [3.63, 3.8) is 0 Å². The van der Waals surface area contributed by atoms with Gasteiger partial charge in [-0.2, -0.15) is 5.10 Å². The van der Waals surface area contributed by atoms with Gasteiger partial charge in [0.25, 0.3) is 0 Å². The van der Waals surface area contributed by atoms with Gasteiger partial charge in [-0.25, -0.2) is 0 Å². The van der Waals surface area contributed by atoms with Crippen LogP contribution in [0.4, 0.5) is 0 Å². The number of likely N-dealkylation sites (tertiary alicyclic amines) is 1. The second kappa shape index (κ2) is 4.12. The Bertz CT molecular complexity index is 355. The first kappa shape index (κ1) is 10.9. The van der Waals surface area contributed by atoms with Crippen LogP contribution in [0.3, 0.4) is 0 Å². The summed E-state index contributed by atoms with van der Waals surface area (Å²) in [5.74, 6) is 0. The van der Waals surface area contributed by atoms with Crippen LogP contribution >= 0.6 is 11.6 Å². The molecule has 0 amide bonds. The Morgan fingerprint density at radius 1 is 1.53 bits per heavy atom. The quantitative estimate of drug-likeness (QED) is 0.832. The summed E-state index contributed by atoms with van der Waals surface area (Å²) in [5, 5.41) is 5.21. The Morgan fingerprint density at radius 2 is 2.20 bits per heavy atom. The summed E-state index contributed by atoms with van der Waals surface area (Å²) in [6.07, 6.45) is 0.881. The normalized spacial score (nSPS) is 18.1. The van der Waals surface area contributed by atoms with E-state index in [1.54, 1.807) is 0 Å². The minimum atomic E-state index is 0.336. The van der Waals surface area contributed by atoms with Crippen molar-refractivity contribution in [2.24, 2.45) is 12.8 Å². The number of hydrogen-bond acceptors (Lipinski definition) is 3. The summed E-state index contributed by atoms with van der Waals surface area (Å²) in [5.41, 5.74) is 7.82. The molecule has 2 rings (SSSR count). The lowest BCUT2D eigenvalue weighted by molar-refractivity contribution is 0.139. The Kier molecular flexibility index (Phi) is 3.00. The molecule has 2 heterocycles. The molecule has 84 valence electrons. The number of aromatic nitrogens is 2. The fourth-order valence-corrected chi connectivity index (χ4v) is 2.30. The number of nitrogens with two attached hydrogens (primary N) is 1. The van der Waals surface area contributed by atoms with E-state index in [0.717, 1.165) is 42.5 Å². The molecule has 0 aliphatic carbocycles.